The SMILES string of the molecule is CC(=O)NNS(=O)(=O)c1cc2cc(P(=O)(O)O)c(=O)[nH]c2cc1Cl. The zero-order valence-electron chi connectivity index (χ0n) is 11.9. The van der Waals surface area contributed by atoms with E-state index < -0.39 is 39.3 Å². The van der Waals surface area contributed by atoms with Gasteiger partial charge in [-0.15, -0.1) is 4.83 Å². The smallest absolute Gasteiger partial charge is 0.321 e. The zero-order chi connectivity index (χ0) is 18.3. The third-order valence-corrected chi connectivity index (χ3v) is 5.51. The molecule has 0 aliphatic carbocycles. The van der Waals surface area contributed by atoms with Crippen molar-refractivity contribution in [3.05, 3.63) is 33.6 Å². The summed E-state index contributed by atoms with van der Waals surface area (Å²) < 4.78 is 35.5. The van der Waals surface area contributed by atoms with E-state index in [1.807, 2.05) is 5.43 Å². The summed E-state index contributed by atoms with van der Waals surface area (Å²) in [7, 11) is -9.09. The van der Waals surface area contributed by atoms with Crippen LogP contribution in [-0.4, -0.2) is 29.1 Å². The standard InChI is InChI=1S/C11H11ClN3O7PS/c1-5(16)14-15-24(21,22)10-3-6-2-9(23(18,19)20)11(17)13-8(6)4-7(10)12/h2-4,15H,1H3,(H,13,17)(H,14,16)(H2,18,19,20). The molecule has 1 amide bonds. The number of hydrogen-bond donors (Lipinski definition) is 5. The molecule has 1 aromatic carbocycles. The van der Waals surface area contributed by atoms with E-state index in [2.05, 4.69) is 4.98 Å². The number of halogens is 1. The van der Waals surface area contributed by atoms with Crippen molar-refractivity contribution in [2.75, 3.05) is 0 Å². The van der Waals surface area contributed by atoms with Crippen LogP contribution in [0, 0.1) is 0 Å². The molecule has 0 aliphatic rings. The Morgan fingerprint density at radius 2 is 1.92 bits per heavy atom. The number of hydrogen-bond acceptors (Lipinski definition) is 5. The molecule has 24 heavy (non-hydrogen) atoms. The van der Waals surface area contributed by atoms with Crippen molar-refractivity contribution in [1.29, 1.82) is 0 Å². The normalized spacial score (nSPS) is 12.3. The number of aromatic nitrogens is 1. The molecule has 13 heteroatoms. The molecule has 0 saturated heterocycles. The Morgan fingerprint density at radius 3 is 2.46 bits per heavy atom. The molecule has 0 aliphatic heterocycles. The van der Waals surface area contributed by atoms with Crippen LogP contribution in [0.5, 0.6) is 0 Å². The maximum absolute atomic E-state index is 12.1. The summed E-state index contributed by atoms with van der Waals surface area (Å²) in [5, 5.41) is -1.05. The van der Waals surface area contributed by atoms with Crippen molar-refractivity contribution in [3.8, 4) is 0 Å². The molecule has 0 unspecified atom stereocenters. The number of benzene rings is 1. The number of carbonyl (C=O) groups excluding carboxylic acids is 1. The first-order valence-electron chi connectivity index (χ1n) is 6.13. The molecule has 0 spiro atoms. The maximum Gasteiger partial charge on any atom is 0.361 e. The molecule has 1 aromatic heterocycles. The van der Waals surface area contributed by atoms with Crippen LogP contribution in [-0.2, 0) is 19.4 Å². The molecule has 0 radical (unpaired) electrons. The second-order valence-electron chi connectivity index (χ2n) is 4.68. The second kappa shape index (κ2) is 6.28. The Bertz CT molecular complexity index is 1040. The van der Waals surface area contributed by atoms with Gasteiger partial charge in [-0.05, 0) is 18.2 Å². The van der Waals surface area contributed by atoms with Crippen LogP contribution in [0.25, 0.3) is 10.9 Å². The van der Waals surface area contributed by atoms with Gasteiger partial charge in [-0.2, -0.15) is 0 Å². The van der Waals surface area contributed by atoms with Crippen molar-refractivity contribution >= 4 is 51.3 Å². The van der Waals surface area contributed by atoms with Crippen LogP contribution in [0.4, 0.5) is 0 Å². The van der Waals surface area contributed by atoms with E-state index in [4.69, 9.17) is 21.4 Å². The lowest BCUT2D eigenvalue weighted by atomic mass is 10.2. The van der Waals surface area contributed by atoms with E-state index in [0.29, 0.717) is 0 Å². The van der Waals surface area contributed by atoms with Gasteiger partial charge in [0.2, 0.25) is 5.91 Å². The van der Waals surface area contributed by atoms with E-state index in [1.165, 1.54) is 0 Å². The van der Waals surface area contributed by atoms with E-state index in [-0.39, 0.29) is 15.9 Å². The van der Waals surface area contributed by atoms with Crippen molar-refractivity contribution < 1.29 is 27.6 Å². The van der Waals surface area contributed by atoms with Gasteiger partial charge >= 0.3 is 7.60 Å². The molecule has 0 atom stereocenters. The number of aromatic amines is 1. The third kappa shape index (κ3) is 3.83. The Hall–Kier alpha value is -1.75. The van der Waals surface area contributed by atoms with E-state index in [1.54, 1.807) is 4.83 Å². The topological polar surface area (TPSA) is 166 Å². The van der Waals surface area contributed by atoms with Gasteiger partial charge in [-0.25, -0.2) is 8.42 Å². The van der Waals surface area contributed by atoms with Crippen LogP contribution in [0.3, 0.4) is 0 Å². The fourth-order valence-corrected chi connectivity index (χ4v) is 3.89. The molecule has 5 N–H and O–H groups in total. The average molecular weight is 396 g/mol. The Morgan fingerprint density at radius 1 is 1.29 bits per heavy atom. The van der Waals surface area contributed by atoms with Crippen LogP contribution in [0.15, 0.2) is 27.9 Å². The summed E-state index contributed by atoms with van der Waals surface area (Å²) in [5.74, 6) is -0.663. The van der Waals surface area contributed by atoms with E-state index >= 15 is 0 Å². The zero-order valence-corrected chi connectivity index (χ0v) is 14.4. The highest BCUT2D eigenvalue weighted by Gasteiger charge is 2.24. The van der Waals surface area contributed by atoms with Gasteiger partial charge in [0.25, 0.3) is 15.6 Å². The monoisotopic (exact) mass is 395 g/mol. The van der Waals surface area contributed by atoms with Crippen LogP contribution >= 0.6 is 19.2 Å². The number of pyridine rings is 1. The number of sulfonamides is 1. The van der Waals surface area contributed by atoms with Crippen molar-refractivity contribution in [1.82, 2.24) is 15.2 Å². The molecule has 2 rings (SSSR count). The van der Waals surface area contributed by atoms with Crippen molar-refractivity contribution in [3.63, 3.8) is 0 Å². The van der Waals surface area contributed by atoms with E-state index in [9.17, 15) is 22.6 Å². The molecule has 130 valence electrons. The summed E-state index contributed by atoms with van der Waals surface area (Å²) in [6.45, 7) is 1.08. The first kappa shape index (κ1) is 18.6. The number of hydrazine groups is 1. The molecule has 0 bridgehead atoms. The number of H-pyrrole nitrogens is 1. The fourth-order valence-electron chi connectivity index (χ4n) is 1.81. The molecular formula is C11H11ClN3O7PS. The largest absolute Gasteiger partial charge is 0.361 e. The third-order valence-electron chi connectivity index (χ3n) is 2.84. The minimum Gasteiger partial charge on any atom is -0.321 e. The van der Waals surface area contributed by atoms with E-state index in [0.717, 1.165) is 25.1 Å². The van der Waals surface area contributed by atoms with Crippen molar-refractivity contribution in [2.24, 2.45) is 0 Å². The summed E-state index contributed by atoms with van der Waals surface area (Å²) in [6.07, 6.45) is 0. The van der Waals surface area contributed by atoms with Crippen LogP contribution in [0.1, 0.15) is 6.92 Å². The number of carbonyl (C=O) groups is 1. The lowest BCUT2D eigenvalue weighted by molar-refractivity contribution is -0.119. The maximum atomic E-state index is 12.1. The number of amides is 1. The van der Waals surface area contributed by atoms with Gasteiger partial charge < -0.3 is 14.8 Å². The highest BCUT2D eigenvalue weighted by atomic mass is 35.5. The van der Waals surface area contributed by atoms with Crippen molar-refractivity contribution in [2.45, 2.75) is 11.8 Å². The lowest BCUT2D eigenvalue weighted by Gasteiger charge is -2.10. The molecule has 2 aromatic rings. The summed E-state index contributed by atoms with van der Waals surface area (Å²) in [4.78, 5) is 44.4. The molecule has 0 fully saturated rings. The van der Waals surface area contributed by atoms with Gasteiger partial charge in [-0.1, -0.05) is 11.6 Å². The van der Waals surface area contributed by atoms with Gasteiger partial charge in [0, 0.05) is 17.8 Å². The predicted octanol–water partition coefficient (Wildman–Crippen LogP) is -0.686. The number of rotatable bonds is 4. The van der Waals surface area contributed by atoms with Gasteiger partial charge in [-0.3, -0.25) is 19.6 Å². The van der Waals surface area contributed by atoms with Gasteiger partial charge in [0.1, 0.15) is 10.2 Å². The Kier molecular flexibility index (Phi) is 4.86. The highest BCUT2D eigenvalue weighted by Crippen LogP contribution is 2.33. The first-order chi connectivity index (χ1) is 10.9. The molecular weight excluding hydrogens is 385 g/mol. The number of nitrogens with one attached hydrogen (secondary N) is 3. The molecule has 0 saturated carbocycles. The first-order valence-corrected chi connectivity index (χ1v) is 9.60. The van der Waals surface area contributed by atoms with Crippen LogP contribution in [0.2, 0.25) is 5.02 Å². The summed E-state index contributed by atoms with van der Waals surface area (Å²) >= 11 is 5.88. The Labute approximate surface area is 140 Å². The minimum atomic E-state index is -4.85. The van der Waals surface area contributed by atoms with Crippen LogP contribution < -0.4 is 21.1 Å². The Balaban J connectivity index is 2.68. The molecule has 1 heterocycles. The number of fused-ring (bicyclic) bond motifs is 1. The highest BCUT2D eigenvalue weighted by molar-refractivity contribution is 7.89. The lowest BCUT2D eigenvalue weighted by Crippen LogP contribution is -2.40. The average Bonchev–Trinajstić information content (AvgIpc) is 2.42. The quantitative estimate of drug-likeness (QED) is 0.337. The van der Waals surface area contributed by atoms with Gasteiger partial charge in [0.15, 0.2) is 0 Å². The molecule has 10 nitrogen and oxygen atoms in total. The summed E-state index contributed by atoms with van der Waals surface area (Å²) in [5.41, 5.74) is 0.955. The summed E-state index contributed by atoms with van der Waals surface area (Å²) in [6, 6.07) is 3.00. The minimum absolute atomic E-state index is 0.0283. The second-order valence-corrected chi connectivity index (χ2v) is 8.31. The van der Waals surface area contributed by atoms with Gasteiger partial charge in [0.05, 0.1) is 5.02 Å². The predicted molar refractivity (Wildman–Crippen MR) is 85.4 cm³/mol. The fraction of sp³-hybridized carbons (Fsp3) is 0.0909.